The van der Waals surface area contributed by atoms with E-state index in [4.69, 9.17) is 4.74 Å². The zero-order valence-electron chi connectivity index (χ0n) is 15.4. The van der Waals surface area contributed by atoms with E-state index in [1.807, 2.05) is 49.4 Å². The minimum absolute atomic E-state index is 0.0759. The maximum atomic E-state index is 11.6. The Labute approximate surface area is 159 Å². The Hall–Kier alpha value is -3.41. The molecule has 0 radical (unpaired) electrons. The zero-order chi connectivity index (χ0) is 19.5. The van der Waals surface area contributed by atoms with Crippen molar-refractivity contribution in [2.24, 2.45) is 0 Å². The van der Waals surface area contributed by atoms with Crippen molar-refractivity contribution in [2.45, 2.75) is 13.0 Å². The fourth-order valence-corrected chi connectivity index (χ4v) is 2.35. The Bertz CT molecular complexity index is 780. The number of benzene rings is 1. The second-order valence-corrected chi connectivity index (χ2v) is 5.64. The number of amides is 1. The SMILES string of the molecule is C=C/C=C\C=C.C[C@H](Nc1nccc(N2CCOC2=O)n1)c1ccccc1. The van der Waals surface area contributed by atoms with Crippen molar-refractivity contribution < 1.29 is 9.53 Å². The van der Waals surface area contributed by atoms with Crippen LogP contribution in [0.2, 0.25) is 0 Å². The monoisotopic (exact) mass is 364 g/mol. The van der Waals surface area contributed by atoms with E-state index >= 15 is 0 Å². The summed E-state index contributed by atoms with van der Waals surface area (Å²) in [5.41, 5.74) is 1.15. The van der Waals surface area contributed by atoms with E-state index in [2.05, 4.69) is 28.4 Å². The Balaban J connectivity index is 0.000000380. The van der Waals surface area contributed by atoms with Crippen LogP contribution in [0.5, 0.6) is 0 Å². The Kier molecular flexibility index (Phi) is 7.78. The molecule has 1 aromatic carbocycles. The number of cyclic esters (lactones) is 1. The van der Waals surface area contributed by atoms with Gasteiger partial charge in [0.15, 0.2) is 0 Å². The van der Waals surface area contributed by atoms with Crippen LogP contribution in [0.1, 0.15) is 18.5 Å². The molecule has 6 nitrogen and oxygen atoms in total. The zero-order valence-corrected chi connectivity index (χ0v) is 15.4. The van der Waals surface area contributed by atoms with Gasteiger partial charge in [0.2, 0.25) is 5.95 Å². The molecule has 0 aliphatic carbocycles. The molecule has 1 aliphatic rings. The van der Waals surface area contributed by atoms with Gasteiger partial charge in [0.1, 0.15) is 12.4 Å². The van der Waals surface area contributed by atoms with E-state index < -0.39 is 0 Å². The third-order valence-electron chi connectivity index (χ3n) is 3.71. The van der Waals surface area contributed by atoms with Gasteiger partial charge >= 0.3 is 6.09 Å². The van der Waals surface area contributed by atoms with Crippen molar-refractivity contribution in [1.82, 2.24) is 9.97 Å². The maximum Gasteiger partial charge on any atom is 0.415 e. The molecule has 3 rings (SSSR count). The van der Waals surface area contributed by atoms with Crippen molar-refractivity contribution in [1.29, 1.82) is 0 Å². The van der Waals surface area contributed by atoms with Crippen LogP contribution < -0.4 is 10.2 Å². The van der Waals surface area contributed by atoms with Gasteiger partial charge in [0, 0.05) is 6.20 Å². The van der Waals surface area contributed by atoms with Crippen molar-refractivity contribution in [3.8, 4) is 0 Å². The maximum absolute atomic E-state index is 11.6. The molecule has 6 heteroatoms. The molecule has 1 saturated heterocycles. The second kappa shape index (κ2) is 10.6. The normalized spacial score (nSPS) is 14.1. The molecule has 1 aliphatic heterocycles. The van der Waals surface area contributed by atoms with E-state index in [1.165, 1.54) is 4.90 Å². The molecule has 0 spiro atoms. The lowest BCUT2D eigenvalue weighted by molar-refractivity contribution is 0.181. The summed E-state index contributed by atoms with van der Waals surface area (Å²) in [5, 5.41) is 3.24. The van der Waals surface area contributed by atoms with Crippen LogP contribution in [0.3, 0.4) is 0 Å². The van der Waals surface area contributed by atoms with Crippen LogP contribution in [0.15, 0.2) is 80.1 Å². The molecule has 1 N–H and O–H groups in total. The summed E-state index contributed by atoms with van der Waals surface area (Å²) >= 11 is 0. The van der Waals surface area contributed by atoms with E-state index in [0.29, 0.717) is 24.9 Å². The summed E-state index contributed by atoms with van der Waals surface area (Å²) in [6, 6.07) is 11.8. The molecule has 0 bridgehead atoms. The Morgan fingerprint density at radius 3 is 2.48 bits per heavy atom. The fraction of sp³-hybridized carbons (Fsp3) is 0.190. The lowest BCUT2D eigenvalue weighted by Crippen LogP contribution is -2.25. The van der Waals surface area contributed by atoms with Crippen molar-refractivity contribution >= 4 is 17.9 Å². The lowest BCUT2D eigenvalue weighted by Gasteiger charge is -2.16. The number of nitrogens with zero attached hydrogens (tertiary/aromatic N) is 3. The molecule has 0 saturated carbocycles. The minimum Gasteiger partial charge on any atom is -0.447 e. The molecule has 27 heavy (non-hydrogen) atoms. The fourth-order valence-electron chi connectivity index (χ4n) is 2.35. The van der Waals surface area contributed by atoms with Crippen LogP contribution in [0, 0.1) is 0 Å². The number of hydrogen-bond donors (Lipinski definition) is 1. The van der Waals surface area contributed by atoms with E-state index in [0.717, 1.165) is 5.56 Å². The summed E-state index contributed by atoms with van der Waals surface area (Å²) in [5.74, 6) is 1.04. The lowest BCUT2D eigenvalue weighted by atomic mass is 10.1. The highest BCUT2D eigenvalue weighted by atomic mass is 16.6. The van der Waals surface area contributed by atoms with E-state index in [9.17, 15) is 4.79 Å². The molecule has 1 atom stereocenters. The third kappa shape index (κ3) is 6.11. The molecule has 0 unspecified atom stereocenters. The van der Waals surface area contributed by atoms with Crippen LogP contribution in [0.4, 0.5) is 16.6 Å². The van der Waals surface area contributed by atoms with Crippen molar-refractivity contribution in [2.75, 3.05) is 23.4 Å². The molecule has 1 amide bonds. The van der Waals surface area contributed by atoms with Gasteiger partial charge in [-0.1, -0.05) is 67.8 Å². The highest BCUT2D eigenvalue weighted by Crippen LogP contribution is 2.20. The van der Waals surface area contributed by atoms with Gasteiger partial charge in [-0.3, -0.25) is 4.90 Å². The summed E-state index contributed by atoms with van der Waals surface area (Å²) in [7, 11) is 0. The number of hydrogen-bond acceptors (Lipinski definition) is 5. The first-order valence-corrected chi connectivity index (χ1v) is 8.64. The van der Waals surface area contributed by atoms with Gasteiger partial charge in [-0.05, 0) is 18.6 Å². The highest BCUT2D eigenvalue weighted by Gasteiger charge is 2.25. The molecular formula is C21H24N4O2. The molecule has 140 valence electrons. The summed E-state index contributed by atoms with van der Waals surface area (Å²) in [4.78, 5) is 21.6. The topological polar surface area (TPSA) is 67.3 Å². The average Bonchev–Trinajstić information content (AvgIpc) is 3.13. The van der Waals surface area contributed by atoms with Gasteiger partial charge in [-0.15, -0.1) is 0 Å². The van der Waals surface area contributed by atoms with Gasteiger partial charge in [-0.25, -0.2) is 9.78 Å². The first kappa shape index (κ1) is 19.9. The molecule has 1 fully saturated rings. The number of carbonyl (C=O) groups excluding carboxylic acids is 1. The van der Waals surface area contributed by atoms with Gasteiger partial charge < -0.3 is 10.1 Å². The largest absolute Gasteiger partial charge is 0.447 e. The summed E-state index contributed by atoms with van der Waals surface area (Å²) in [6.07, 6.45) is 8.34. The van der Waals surface area contributed by atoms with Gasteiger partial charge in [0.25, 0.3) is 0 Å². The summed E-state index contributed by atoms with van der Waals surface area (Å²) in [6.45, 7) is 9.88. The first-order valence-electron chi connectivity index (χ1n) is 8.64. The van der Waals surface area contributed by atoms with E-state index in [1.54, 1.807) is 24.4 Å². The predicted molar refractivity (Wildman–Crippen MR) is 109 cm³/mol. The minimum atomic E-state index is -0.365. The quantitative estimate of drug-likeness (QED) is 0.763. The summed E-state index contributed by atoms with van der Waals surface area (Å²) < 4.78 is 4.92. The average molecular weight is 364 g/mol. The first-order chi connectivity index (χ1) is 13.2. The van der Waals surface area contributed by atoms with Crippen LogP contribution in [-0.4, -0.2) is 29.2 Å². The number of anilines is 2. The number of nitrogens with one attached hydrogen (secondary N) is 1. The van der Waals surface area contributed by atoms with Crippen LogP contribution in [-0.2, 0) is 4.74 Å². The van der Waals surface area contributed by atoms with Crippen LogP contribution >= 0.6 is 0 Å². The molecule has 2 aromatic rings. The van der Waals surface area contributed by atoms with E-state index in [-0.39, 0.29) is 12.1 Å². The highest BCUT2D eigenvalue weighted by molar-refractivity contribution is 5.88. The number of rotatable bonds is 6. The number of allylic oxidation sites excluding steroid dienone is 4. The smallest absolute Gasteiger partial charge is 0.415 e. The molecular weight excluding hydrogens is 340 g/mol. The molecule has 2 heterocycles. The standard InChI is InChI=1S/C15H16N4O2.C6H8/c1-11(12-5-3-2-4-6-12)17-14-16-8-7-13(18-14)19-9-10-21-15(19)20;1-3-5-6-4-2/h2-8,11H,9-10H2,1H3,(H,16,17,18);3-6H,1-2H2/b;6-5-/t11-;/m0./s1. The van der Waals surface area contributed by atoms with Crippen molar-refractivity contribution in [3.05, 3.63) is 85.6 Å². The van der Waals surface area contributed by atoms with Crippen LogP contribution in [0.25, 0.3) is 0 Å². The van der Waals surface area contributed by atoms with Gasteiger partial charge in [0.05, 0.1) is 12.6 Å². The Morgan fingerprint density at radius 2 is 1.89 bits per heavy atom. The Morgan fingerprint density at radius 1 is 1.19 bits per heavy atom. The number of ether oxygens (including phenoxy) is 1. The molecule has 1 aromatic heterocycles. The second-order valence-electron chi connectivity index (χ2n) is 5.64. The number of aromatic nitrogens is 2. The predicted octanol–water partition coefficient (Wildman–Crippen LogP) is 4.52. The van der Waals surface area contributed by atoms with Crippen molar-refractivity contribution in [3.63, 3.8) is 0 Å². The van der Waals surface area contributed by atoms with Gasteiger partial charge in [-0.2, -0.15) is 4.98 Å². The third-order valence-corrected chi connectivity index (χ3v) is 3.71. The number of carbonyl (C=O) groups is 1.